The van der Waals surface area contributed by atoms with Gasteiger partial charge in [-0.2, -0.15) is 0 Å². The van der Waals surface area contributed by atoms with Crippen LogP contribution in [0.4, 0.5) is 0 Å². The summed E-state index contributed by atoms with van der Waals surface area (Å²) >= 11 is 0. The molecule has 0 aromatic heterocycles. The van der Waals surface area contributed by atoms with E-state index in [1.165, 1.54) is 0 Å². The molecule has 2 rings (SSSR count). The molecule has 0 radical (unpaired) electrons. The van der Waals surface area contributed by atoms with E-state index in [0.29, 0.717) is 6.42 Å². The minimum atomic E-state index is -2.05. The van der Waals surface area contributed by atoms with Crippen molar-refractivity contribution in [2.75, 3.05) is 13.2 Å². The van der Waals surface area contributed by atoms with Crippen LogP contribution in [0, 0.1) is 0 Å². The van der Waals surface area contributed by atoms with Gasteiger partial charge in [0, 0.05) is 12.5 Å². The second-order valence-corrected chi connectivity index (χ2v) is 6.35. The summed E-state index contributed by atoms with van der Waals surface area (Å²) in [4.78, 5) is 0. The zero-order chi connectivity index (χ0) is 16.5. The van der Waals surface area contributed by atoms with E-state index < -0.39 is 35.9 Å². The van der Waals surface area contributed by atoms with Gasteiger partial charge in [-0.3, -0.25) is 0 Å². The lowest BCUT2D eigenvalue weighted by Gasteiger charge is -2.52. The van der Waals surface area contributed by atoms with Gasteiger partial charge in [0.15, 0.2) is 0 Å². The van der Waals surface area contributed by atoms with E-state index in [0.717, 1.165) is 0 Å². The molecular weight excluding hydrogens is 292 g/mol. The fourth-order valence-corrected chi connectivity index (χ4v) is 3.07. The Hall–Kier alpha value is -0.320. The Balaban J connectivity index is 2.27. The van der Waals surface area contributed by atoms with Crippen LogP contribution in [0.5, 0.6) is 0 Å². The quantitative estimate of drug-likeness (QED) is 0.389. The molecule has 0 saturated carbocycles. The van der Waals surface area contributed by atoms with E-state index in [1.54, 1.807) is 13.8 Å². The number of hydrogen-bond donors (Lipinski definition) is 5. The first-order valence-electron chi connectivity index (χ1n) is 7.78. The summed E-state index contributed by atoms with van der Waals surface area (Å²) < 4.78 is 16.7. The maximum Gasteiger partial charge on any atom is 0.248 e. The second kappa shape index (κ2) is 6.66. The molecule has 0 spiro atoms. The van der Waals surface area contributed by atoms with Crippen LogP contribution < -0.4 is 11.5 Å². The summed E-state index contributed by atoms with van der Waals surface area (Å²) in [6.07, 6.45) is -1.61. The van der Waals surface area contributed by atoms with E-state index in [-0.39, 0.29) is 32.2 Å². The molecule has 2 aliphatic rings. The molecule has 22 heavy (non-hydrogen) atoms. The fourth-order valence-electron chi connectivity index (χ4n) is 3.07. The molecule has 0 aromatic carbocycles. The fraction of sp³-hybridized carbons (Fsp3) is 1.00. The summed E-state index contributed by atoms with van der Waals surface area (Å²) in [5.41, 5.74) is 10.2. The van der Waals surface area contributed by atoms with Crippen LogP contribution in [0.25, 0.3) is 0 Å². The zero-order valence-corrected chi connectivity index (χ0v) is 13.1. The topological polar surface area (TPSA) is 140 Å². The Morgan fingerprint density at radius 2 is 1.91 bits per heavy atom. The highest BCUT2D eigenvalue weighted by atomic mass is 16.8. The zero-order valence-electron chi connectivity index (χ0n) is 13.1. The van der Waals surface area contributed by atoms with E-state index in [2.05, 4.69) is 0 Å². The highest BCUT2D eigenvalue weighted by Crippen LogP contribution is 2.41. The van der Waals surface area contributed by atoms with Gasteiger partial charge in [0.05, 0.1) is 31.5 Å². The van der Waals surface area contributed by atoms with Gasteiger partial charge in [0.1, 0.15) is 5.60 Å². The minimum absolute atomic E-state index is 0.147. The largest absolute Gasteiger partial charge is 0.390 e. The summed E-state index contributed by atoms with van der Waals surface area (Å²) in [5.74, 6) is -2.05. The summed E-state index contributed by atoms with van der Waals surface area (Å²) in [5, 5.41) is 31.8. The lowest BCUT2D eigenvalue weighted by molar-refractivity contribution is -0.426. The normalized spacial score (nSPS) is 51.1. The van der Waals surface area contributed by atoms with Gasteiger partial charge in [0.2, 0.25) is 12.1 Å². The van der Waals surface area contributed by atoms with Crippen molar-refractivity contribution >= 4 is 0 Å². The van der Waals surface area contributed by atoms with Crippen LogP contribution in [-0.4, -0.2) is 70.5 Å². The number of hydrogen-bond acceptors (Lipinski definition) is 8. The van der Waals surface area contributed by atoms with Gasteiger partial charge in [0.25, 0.3) is 0 Å². The van der Waals surface area contributed by atoms with Crippen LogP contribution in [0.15, 0.2) is 0 Å². The lowest BCUT2D eigenvalue weighted by atomic mass is 9.81. The average molecular weight is 320 g/mol. The van der Waals surface area contributed by atoms with Crippen molar-refractivity contribution in [1.82, 2.24) is 0 Å². The Labute approximate surface area is 130 Å². The van der Waals surface area contributed by atoms with Crippen LogP contribution >= 0.6 is 0 Å². The smallest absolute Gasteiger partial charge is 0.248 e. The van der Waals surface area contributed by atoms with E-state index in [1.807, 2.05) is 0 Å². The summed E-state index contributed by atoms with van der Waals surface area (Å²) in [7, 11) is 0. The highest BCUT2D eigenvalue weighted by molar-refractivity contribution is 5.01. The number of aliphatic hydroxyl groups is 3. The number of nitrogens with two attached hydrogens (primary N) is 2. The molecule has 7 unspecified atom stereocenters. The number of fused-ring (bicyclic) bond motifs is 1. The molecule has 8 nitrogen and oxygen atoms in total. The molecule has 7 atom stereocenters. The van der Waals surface area contributed by atoms with Gasteiger partial charge in [-0.05, 0) is 19.8 Å². The Morgan fingerprint density at radius 3 is 2.55 bits per heavy atom. The molecule has 0 aliphatic carbocycles. The predicted octanol–water partition coefficient (Wildman–Crippen LogP) is -1.60. The third kappa shape index (κ3) is 3.15. The van der Waals surface area contributed by atoms with Crippen molar-refractivity contribution < 1.29 is 29.5 Å². The Kier molecular flexibility index (Phi) is 5.46. The average Bonchev–Trinajstić information content (AvgIpc) is 2.48. The lowest BCUT2D eigenvalue weighted by Crippen LogP contribution is -2.70. The summed E-state index contributed by atoms with van der Waals surface area (Å²) in [6.45, 7) is 3.52. The van der Waals surface area contributed by atoms with Crippen LogP contribution in [0.3, 0.4) is 0 Å². The van der Waals surface area contributed by atoms with Gasteiger partial charge in [-0.25, -0.2) is 0 Å². The second-order valence-electron chi connectivity index (χ2n) is 6.35. The maximum absolute atomic E-state index is 10.9. The maximum atomic E-state index is 10.9. The van der Waals surface area contributed by atoms with Gasteiger partial charge < -0.3 is 41.0 Å². The standard InChI is InChI=1S/C14H28N2O6/c1-3-13(18)6-8(2)22-12-14(13,19)21-7-10(16)11(17)9(15)4-5-20-12/h8-12,17-19H,3-7,15-16H2,1-2H3. The highest BCUT2D eigenvalue weighted by Gasteiger charge is 2.60. The number of rotatable bonds is 1. The van der Waals surface area contributed by atoms with Crippen LogP contribution in [-0.2, 0) is 14.2 Å². The summed E-state index contributed by atoms with van der Waals surface area (Å²) in [6, 6.07) is -1.34. The van der Waals surface area contributed by atoms with Crippen molar-refractivity contribution in [2.45, 2.75) is 75.1 Å². The molecule has 2 aliphatic heterocycles. The van der Waals surface area contributed by atoms with Crippen molar-refractivity contribution in [2.24, 2.45) is 11.5 Å². The minimum Gasteiger partial charge on any atom is -0.390 e. The monoisotopic (exact) mass is 320 g/mol. The van der Waals surface area contributed by atoms with Gasteiger partial charge in [-0.1, -0.05) is 6.92 Å². The van der Waals surface area contributed by atoms with Crippen molar-refractivity contribution in [1.29, 1.82) is 0 Å². The van der Waals surface area contributed by atoms with E-state index in [9.17, 15) is 15.3 Å². The van der Waals surface area contributed by atoms with Gasteiger partial charge >= 0.3 is 0 Å². The number of ether oxygens (including phenoxy) is 3. The van der Waals surface area contributed by atoms with Gasteiger partial charge in [-0.15, -0.1) is 0 Å². The molecule has 2 saturated heterocycles. The molecule has 7 N–H and O–H groups in total. The molecular formula is C14H28N2O6. The van der Waals surface area contributed by atoms with Crippen molar-refractivity contribution in [3.05, 3.63) is 0 Å². The first-order chi connectivity index (χ1) is 10.2. The molecule has 0 bridgehead atoms. The third-order valence-electron chi connectivity index (χ3n) is 4.65. The van der Waals surface area contributed by atoms with Crippen molar-refractivity contribution in [3.63, 3.8) is 0 Å². The van der Waals surface area contributed by atoms with E-state index >= 15 is 0 Å². The first-order valence-corrected chi connectivity index (χ1v) is 7.78. The Bertz CT molecular complexity index is 386. The predicted molar refractivity (Wildman–Crippen MR) is 77.6 cm³/mol. The van der Waals surface area contributed by atoms with Crippen LogP contribution in [0.1, 0.15) is 33.1 Å². The third-order valence-corrected chi connectivity index (χ3v) is 4.65. The SMILES string of the molecule is CCC1(O)CC(C)OC2OCCC(N)C(O)C(N)COC21O. The molecule has 8 heteroatoms. The first kappa shape index (κ1) is 18.0. The van der Waals surface area contributed by atoms with Crippen molar-refractivity contribution in [3.8, 4) is 0 Å². The molecule has 2 fully saturated rings. The molecule has 130 valence electrons. The molecule has 2 heterocycles. The number of aliphatic hydroxyl groups excluding tert-OH is 1. The Morgan fingerprint density at radius 1 is 1.23 bits per heavy atom. The van der Waals surface area contributed by atoms with E-state index in [4.69, 9.17) is 25.7 Å². The molecule has 0 aromatic rings. The molecule has 0 amide bonds. The van der Waals surface area contributed by atoms with Crippen LogP contribution in [0.2, 0.25) is 0 Å².